The van der Waals surface area contributed by atoms with Gasteiger partial charge in [0, 0.05) is 0 Å². The topological polar surface area (TPSA) is 107 Å². The number of alkyl halides is 3. The van der Waals surface area contributed by atoms with Crippen molar-refractivity contribution in [2.24, 2.45) is 23.7 Å². The molecule has 2 bridgehead atoms. The van der Waals surface area contributed by atoms with Crippen LogP contribution in [0, 0.1) is 23.7 Å². The number of fused-ring (bicyclic) bond motifs is 2. The van der Waals surface area contributed by atoms with E-state index in [1.165, 1.54) is 6.92 Å². The Hall–Kier alpha value is -1.36. The smallest absolute Gasteiger partial charge is 0.422 e. The maximum Gasteiger partial charge on any atom is 0.422 e. The van der Waals surface area contributed by atoms with E-state index in [4.69, 9.17) is 4.74 Å². The van der Waals surface area contributed by atoms with Crippen LogP contribution in [-0.4, -0.2) is 49.5 Å². The van der Waals surface area contributed by atoms with E-state index in [1.807, 2.05) is 0 Å². The van der Waals surface area contributed by atoms with Crippen molar-refractivity contribution in [1.29, 1.82) is 0 Å². The highest BCUT2D eigenvalue weighted by molar-refractivity contribution is 7.86. The Morgan fingerprint density at radius 1 is 1.12 bits per heavy atom. The molecule has 0 heterocycles. The Kier molecular flexibility index (Phi) is 5.14. The fourth-order valence-electron chi connectivity index (χ4n) is 3.79. The fraction of sp³-hybridized carbons (Fsp3) is 0.846. The average molecular weight is 374 g/mol. The molecule has 0 saturated heterocycles. The minimum Gasteiger partial charge on any atom is -0.466 e. The normalized spacial score (nSPS) is 32.6. The lowest BCUT2D eigenvalue weighted by Gasteiger charge is -2.31. The van der Waals surface area contributed by atoms with E-state index in [0.29, 0.717) is 0 Å². The molecule has 0 aliphatic heterocycles. The first-order valence-corrected chi connectivity index (χ1v) is 8.82. The monoisotopic (exact) mass is 374 g/mol. The number of carbonyl (C=O) groups is 2. The SMILES string of the molecule is CCOC(=O)C1C2CC(C1C(=O)OCC(F)(F)F)C(S(=O)(=O)O)C2. The van der Waals surface area contributed by atoms with Crippen LogP contribution in [-0.2, 0) is 29.2 Å². The Morgan fingerprint density at radius 3 is 2.21 bits per heavy atom. The quantitative estimate of drug-likeness (QED) is 0.569. The maximum atomic E-state index is 12.2. The van der Waals surface area contributed by atoms with E-state index in [9.17, 15) is 35.7 Å². The number of ether oxygens (including phenoxy) is 2. The molecule has 2 aliphatic rings. The zero-order valence-electron chi connectivity index (χ0n) is 12.7. The Balaban J connectivity index is 2.24. The number of hydrogen-bond donors (Lipinski definition) is 1. The van der Waals surface area contributed by atoms with Gasteiger partial charge in [0.15, 0.2) is 6.61 Å². The predicted molar refractivity (Wildman–Crippen MR) is 72.2 cm³/mol. The molecule has 0 spiro atoms. The van der Waals surface area contributed by atoms with Gasteiger partial charge in [-0.05, 0) is 31.6 Å². The number of rotatable bonds is 5. The second kappa shape index (κ2) is 6.51. The molecule has 24 heavy (non-hydrogen) atoms. The van der Waals surface area contributed by atoms with Gasteiger partial charge in [0.25, 0.3) is 10.1 Å². The van der Waals surface area contributed by atoms with Gasteiger partial charge >= 0.3 is 18.1 Å². The molecular weight excluding hydrogens is 357 g/mol. The largest absolute Gasteiger partial charge is 0.466 e. The number of carbonyl (C=O) groups excluding carboxylic acids is 2. The molecular formula is C13H17F3O7S. The lowest BCUT2D eigenvalue weighted by molar-refractivity contribution is -0.192. The first kappa shape index (κ1) is 19.0. The van der Waals surface area contributed by atoms with E-state index in [2.05, 4.69) is 4.74 Å². The molecule has 1 N–H and O–H groups in total. The van der Waals surface area contributed by atoms with Gasteiger partial charge in [-0.3, -0.25) is 14.1 Å². The molecule has 0 radical (unpaired) electrons. The molecule has 0 aromatic heterocycles. The first-order chi connectivity index (χ1) is 11.0. The van der Waals surface area contributed by atoms with Gasteiger partial charge in [-0.15, -0.1) is 0 Å². The van der Waals surface area contributed by atoms with E-state index in [0.717, 1.165) is 0 Å². The van der Waals surface area contributed by atoms with Crippen molar-refractivity contribution in [2.45, 2.75) is 31.2 Å². The van der Waals surface area contributed by atoms with Crippen LogP contribution >= 0.6 is 0 Å². The third-order valence-electron chi connectivity index (χ3n) is 4.54. The average Bonchev–Trinajstić information content (AvgIpc) is 3.01. The van der Waals surface area contributed by atoms with Gasteiger partial charge in [0.1, 0.15) is 0 Å². The summed E-state index contributed by atoms with van der Waals surface area (Å²) in [6.07, 6.45) is -4.66. The molecule has 138 valence electrons. The van der Waals surface area contributed by atoms with Crippen LogP contribution in [0.15, 0.2) is 0 Å². The Labute approximate surface area is 136 Å². The van der Waals surface area contributed by atoms with Crippen molar-refractivity contribution in [2.75, 3.05) is 13.2 Å². The third-order valence-corrected chi connectivity index (χ3v) is 5.84. The van der Waals surface area contributed by atoms with Crippen LogP contribution in [0.2, 0.25) is 0 Å². The van der Waals surface area contributed by atoms with E-state index < -0.39 is 63.8 Å². The summed E-state index contributed by atoms with van der Waals surface area (Å²) in [5, 5.41) is -1.29. The highest BCUT2D eigenvalue weighted by Crippen LogP contribution is 2.55. The summed E-state index contributed by atoms with van der Waals surface area (Å²) < 4.78 is 77.8. The highest BCUT2D eigenvalue weighted by Gasteiger charge is 2.62. The zero-order chi connectivity index (χ0) is 18.3. The maximum absolute atomic E-state index is 12.2. The van der Waals surface area contributed by atoms with Gasteiger partial charge in [0.05, 0.1) is 23.7 Å². The minimum absolute atomic E-state index is 0.0127. The Bertz CT molecular complexity index is 616. The van der Waals surface area contributed by atoms with Crippen LogP contribution in [0.5, 0.6) is 0 Å². The third kappa shape index (κ3) is 3.82. The van der Waals surface area contributed by atoms with Crippen molar-refractivity contribution in [3.63, 3.8) is 0 Å². The van der Waals surface area contributed by atoms with Crippen LogP contribution in [0.3, 0.4) is 0 Å². The molecule has 5 unspecified atom stereocenters. The van der Waals surface area contributed by atoms with Gasteiger partial charge < -0.3 is 9.47 Å². The van der Waals surface area contributed by atoms with Crippen molar-refractivity contribution in [3.05, 3.63) is 0 Å². The van der Waals surface area contributed by atoms with Gasteiger partial charge in [0.2, 0.25) is 0 Å². The fourth-order valence-corrected chi connectivity index (χ4v) is 5.00. The number of halogens is 3. The highest BCUT2D eigenvalue weighted by atomic mass is 32.2. The minimum atomic E-state index is -4.74. The summed E-state index contributed by atoms with van der Waals surface area (Å²) in [5.41, 5.74) is 0. The van der Waals surface area contributed by atoms with Gasteiger partial charge in [-0.2, -0.15) is 21.6 Å². The molecule has 0 aromatic carbocycles. The number of hydrogen-bond acceptors (Lipinski definition) is 6. The van der Waals surface area contributed by atoms with Crippen molar-refractivity contribution < 1.29 is 45.2 Å². The van der Waals surface area contributed by atoms with E-state index in [1.54, 1.807) is 0 Å². The molecule has 2 saturated carbocycles. The molecule has 5 atom stereocenters. The summed E-state index contributed by atoms with van der Waals surface area (Å²) in [6, 6.07) is 0. The van der Waals surface area contributed by atoms with Gasteiger partial charge in [-0.1, -0.05) is 0 Å². The van der Waals surface area contributed by atoms with Crippen LogP contribution < -0.4 is 0 Å². The van der Waals surface area contributed by atoms with E-state index in [-0.39, 0.29) is 19.4 Å². The summed E-state index contributed by atoms with van der Waals surface area (Å²) in [7, 11) is -4.49. The lowest BCUT2D eigenvalue weighted by atomic mass is 9.79. The first-order valence-electron chi connectivity index (χ1n) is 7.32. The van der Waals surface area contributed by atoms with Crippen molar-refractivity contribution in [1.82, 2.24) is 0 Å². The molecule has 0 amide bonds. The molecule has 0 aromatic rings. The summed E-state index contributed by atoms with van der Waals surface area (Å²) in [4.78, 5) is 24.1. The standard InChI is InChI=1S/C13H17F3O7S/c1-2-22-11(17)9-6-3-7(8(4-6)24(19,20)21)10(9)12(18)23-5-13(14,15)16/h6-10H,2-5H2,1H3,(H,19,20,21). The number of esters is 2. The molecule has 2 rings (SSSR count). The van der Waals surface area contributed by atoms with Crippen LogP contribution in [0.25, 0.3) is 0 Å². The second-order valence-corrected chi connectivity index (χ2v) is 7.61. The summed E-state index contributed by atoms with van der Waals surface area (Å²) in [6.45, 7) is -0.284. The van der Waals surface area contributed by atoms with Crippen LogP contribution in [0.4, 0.5) is 13.2 Å². The van der Waals surface area contributed by atoms with Crippen molar-refractivity contribution in [3.8, 4) is 0 Å². The summed E-state index contributed by atoms with van der Waals surface area (Å²) in [5.74, 6) is -6.05. The predicted octanol–water partition coefficient (Wildman–Crippen LogP) is 1.18. The van der Waals surface area contributed by atoms with Crippen molar-refractivity contribution >= 4 is 22.1 Å². The molecule has 11 heteroatoms. The summed E-state index contributed by atoms with van der Waals surface area (Å²) >= 11 is 0. The van der Waals surface area contributed by atoms with E-state index >= 15 is 0 Å². The molecule has 2 fully saturated rings. The second-order valence-electron chi connectivity index (χ2n) is 5.98. The molecule has 7 nitrogen and oxygen atoms in total. The Morgan fingerprint density at radius 2 is 1.71 bits per heavy atom. The van der Waals surface area contributed by atoms with Gasteiger partial charge in [-0.25, -0.2) is 0 Å². The van der Waals surface area contributed by atoms with Crippen LogP contribution in [0.1, 0.15) is 19.8 Å². The lowest BCUT2D eigenvalue weighted by Crippen LogP contribution is -2.44. The molecule has 2 aliphatic carbocycles. The zero-order valence-corrected chi connectivity index (χ0v) is 13.5.